The van der Waals surface area contributed by atoms with E-state index in [-0.39, 0.29) is 11.9 Å². The Labute approximate surface area is 99.5 Å². The lowest BCUT2D eigenvalue weighted by atomic mass is 10.1. The Morgan fingerprint density at radius 3 is 2.94 bits per heavy atom. The standard InChI is InChI=1S/C11H17N3OS/c1-7(2)14-6-4-8-10(11(14)15)16-9(13-8)3-5-12/h7H,3-6,12H2,1-2H3. The van der Waals surface area contributed by atoms with E-state index in [0.717, 1.165) is 35.0 Å². The second kappa shape index (κ2) is 4.51. The number of nitrogens with two attached hydrogens (primary N) is 1. The highest BCUT2D eigenvalue weighted by Gasteiger charge is 2.29. The highest BCUT2D eigenvalue weighted by molar-refractivity contribution is 7.13. The van der Waals surface area contributed by atoms with Gasteiger partial charge < -0.3 is 10.6 Å². The molecular formula is C11H17N3OS. The van der Waals surface area contributed by atoms with E-state index in [1.165, 1.54) is 11.3 Å². The summed E-state index contributed by atoms with van der Waals surface area (Å²) in [6, 6.07) is 0.265. The van der Waals surface area contributed by atoms with E-state index in [1.54, 1.807) is 0 Å². The number of carbonyl (C=O) groups is 1. The van der Waals surface area contributed by atoms with Gasteiger partial charge in [-0.2, -0.15) is 0 Å². The van der Waals surface area contributed by atoms with E-state index in [9.17, 15) is 4.79 Å². The van der Waals surface area contributed by atoms with E-state index in [4.69, 9.17) is 5.73 Å². The first-order valence-corrected chi connectivity index (χ1v) is 6.44. The van der Waals surface area contributed by atoms with Gasteiger partial charge in [-0.3, -0.25) is 4.79 Å². The third-order valence-electron chi connectivity index (χ3n) is 2.77. The molecule has 0 radical (unpaired) electrons. The molecule has 2 heterocycles. The number of aromatic nitrogens is 1. The highest BCUT2D eigenvalue weighted by atomic mass is 32.1. The second-order valence-corrected chi connectivity index (χ2v) is 5.35. The lowest BCUT2D eigenvalue weighted by molar-refractivity contribution is 0.0693. The van der Waals surface area contributed by atoms with Gasteiger partial charge in [-0.05, 0) is 20.4 Å². The first-order valence-electron chi connectivity index (χ1n) is 5.63. The largest absolute Gasteiger partial charge is 0.335 e. The fourth-order valence-electron chi connectivity index (χ4n) is 1.92. The molecule has 0 saturated heterocycles. The summed E-state index contributed by atoms with van der Waals surface area (Å²) >= 11 is 1.51. The van der Waals surface area contributed by atoms with Crippen molar-refractivity contribution in [2.24, 2.45) is 5.73 Å². The van der Waals surface area contributed by atoms with Crippen LogP contribution in [0.15, 0.2) is 0 Å². The van der Waals surface area contributed by atoms with Gasteiger partial charge >= 0.3 is 0 Å². The van der Waals surface area contributed by atoms with Crippen molar-refractivity contribution < 1.29 is 4.79 Å². The Kier molecular flexibility index (Phi) is 3.25. The predicted molar refractivity (Wildman–Crippen MR) is 64.7 cm³/mol. The van der Waals surface area contributed by atoms with Crippen LogP contribution < -0.4 is 5.73 Å². The maximum atomic E-state index is 12.1. The molecule has 88 valence electrons. The van der Waals surface area contributed by atoms with Gasteiger partial charge in [0.2, 0.25) is 0 Å². The summed E-state index contributed by atoms with van der Waals surface area (Å²) in [6.07, 6.45) is 1.65. The molecule has 0 spiro atoms. The van der Waals surface area contributed by atoms with Gasteiger partial charge in [0.1, 0.15) is 4.88 Å². The average molecular weight is 239 g/mol. The van der Waals surface area contributed by atoms with Gasteiger partial charge in [0.15, 0.2) is 0 Å². The van der Waals surface area contributed by atoms with Gasteiger partial charge in [0.05, 0.1) is 10.7 Å². The van der Waals surface area contributed by atoms with Gasteiger partial charge in [-0.25, -0.2) is 4.98 Å². The minimum absolute atomic E-state index is 0.136. The van der Waals surface area contributed by atoms with E-state index < -0.39 is 0 Å². The molecule has 2 rings (SSSR count). The summed E-state index contributed by atoms with van der Waals surface area (Å²) < 4.78 is 0. The molecule has 0 aromatic carbocycles. The van der Waals surface area contributed by atoms with Crippen molar-refractivity contribution >= 4 is 17.2 Å². The van der Waals surface area contributed by atoms with Crippen LogP contribution in [0.3, 0.4) is 0 Å². The molecule has 5 heteroatoms. The number of carbonyl (C=O) groups excluding carboxylic acids is 1. The SMILES string of the molecule is CC(C)N1CCc2nc(CCN)sc2C1=O. The van der Waals surface area contributed by atoms with Crippen molar-refractivity contribution in [3.63, 3.8) is 0 Å². The Bertz CT molecular complexity index is 400. The van der Waals surface area contributed by atoms with Crippen molar-refractivity contribution in [1.82, 2.24) is 9.88 Å². The van der Waals surface area contributed by atoms with Gasteiger partial charge in [0, 0.05) is 25.4 Å². The first-order chi connectivity index (χ1) is 7.63. The topological polar surface area (TPSA) is 59.2 Å². The van der Waals surface area contributed by atoms with Crippen LogP contribution >= 0.6 is 11.3 Å². The van der Waals surface area contributed by atoms with Crippen molar-refractivity contribution in [3.8, 4) is 0 Å². The Balaban J connectivity index is 2.26. The molecule has 1 aromatic rings. The zero-order valence-corrected chi connectivity index (χ0v) is 10.5. The van der Waals surface area contributed by atoms with E-state index >= 15 is 0 Å². The van der Waals surface area contributed by atoms with Crippen LogP contribution in [0.2, 0.25) is 0 Å². The molecular weight excluding hydrogens is 222 g/mol. The van der Waals surface area contributed by atoms with E-state index in [0.29, 0.717) is 6.54 Å². The molecule has 0 saturated carbocycles. The normalized spacial score (nSPS) is 15.8. The van der Waals surface area contributed by atoms with Crippen molar-refractivity contribution in [3.05, 3.63) is 15.6 Å². The molecule has 1 aromatic heterocycles. The van der Waals surface area contributed by atoms with Gasteiger partial charge in [-0.15, -0.1) is 11.3 Å². The third-order valence-corrected chi connectivity index (χ3v) is 3.91. The maximum Gasteiger partial charge on any atom is 0.266 e. The maximum absolute atomic E-state index is 12.1. The van der Waals surface area contributed by atoms with Crippen LogP contribution in [0.1, 0.15) is 34.2 Å². The number of nitrogens with zero attached hydrogens (tertiary/aromatic N) is 2. The zero-order valence-electron chi connectivity index (χ0n) is 9.69. The summed E-state index contributed by atoms with van der Waals surface area (Å²) in [5, 5.41) is 0.992. The Morgan fingerprint density at radius 1 is 1.56 bits per heavy atom. The molecule has 0 aliphatic carbocycles. The lowest BCUT2D eigenvalue weighted by Crippen LogP contribution is -2.41. The average Bonchev–Trinajstić information content (AvgIpc) is 2.62. The molecule has 1 aliphatic rings. The summed E-state index contributed by atoms with van der Waals surface area (Å²) in [4.78, 5) is 19.3. The highest BCUT2D eigenvalue weighted by Crippen LogP contribution is 2.26. The number of hydrogen-bond donors (Lipinski definition) is 1. The molecule has 0 unspecified atom stereocenters. The quantitative estimate of drug-likeness (QED) is 0.857. The van der Waals surface area contributed by atoms with Crippen LogP contribution in [0.5, 0.6) is 0 Å². The van der Waals surface area contributed by atoms with Crippen molar-refractivity contribution in [2.75, 3.05) is 13.1 Å². The summed E-state index contributed by atoms with van der Waals surface area (Å²) in [5.74, 6) is 0.136. The summed E-state index contributed by atoms with van der Waals surface area (Å²) in [5.41, 5.74) is 6.47. The van der Waals surface area contributed by atoms with Crippen LogP contribution in [0, 0.1) is 0 Å². The van der Waals surface area contributed by atoms with E-state index in [2.05, 4.69) is 4.98 Å². The fraction of sp³-hybridized carbons (Fsp3) is 0.636. The van der Waals surface area contributed by atoms with Crippen LogP contribution in [-0.4, -0.2) is 34.9 Å². The lowest BCUT2D eigenvalue weighted by Gasteiger charge is -2.29. The van der Waals surface area contributed by atoms with Crippen molar-refractivity contribution in [1.29, 1.82) is 0 Å². The number of amides is 1. The first kappa shape index (κ1) is 11.5. The molecule has 1 aliphatic heterocycles. The molecule has 0 atom stereocenters. The molecule has 0 fully saturated rings. The van der Waals surface area contributed by atoms with Crippen LogP contribution in [0.25, 0.3) is 0 Å². The molecule has 16 heavy (non-hydrogen) atoms. The number of thiazole rings is 1. The zero-order chi connectivity index (χ0) is 11.7. The number of rotatable bonds is 3. The van der Waals surface area contributed by atoms with Crippen LogP contribution in [0.4, 0.5) is 0 Å². The molecule has 0 bridgehead atoms. The number of fused-ring (bicyclic) bond motifs is 1. The molecule has 4 nitrogen and oxygen atoms in total. The summed E-state index contributed by atoms with van der Waals surface area (Å²) in [7, 11) is 0. The minimum atomic E-state index is 0.136. The molecule has 1 amide bonds. The minimum Gasteiger partial charge on any atom is -0.335 e. The fourth-order valence-corrected chi connectivity index (χ4v) is 3.00. The second-order valence-electron chi connectivity index (χ2n) is 4.26. The predicted octanol–water partition coefficient (Wildman–Crippen LogP) is 1.05. The monoisotopic (exact) mass is 239 g/mol. The van der Waals surface area contributed by atoms with Crippen molar-refractivity contribution in [2.45, 2.75) is 32.7 Å². The molecule has 2 N–H and O–H groups in total. The van der Waals surface area contributed by atoms with Crippen LogP contribution in [-0.2, 0) is 12.8 Å². The van der Waals surface area contributed by atoms with Gasteiger partial charge in [-0.1, -0.05) is 0 Å². The Morgan fingerprint density at radius 2 is 2.31 bits per heavy atom. The van der Waals surface area contributed by atoms with E-state index in [1.807, 2.05) is 18.7 Å². The Hall–Kier alpha value is -0.940. The smallest absolute Gasteiger partial charge is 0.266 e. The third kappa shape index (κ3) is 1.97. The van der Waals surface area contributed by atoms with Gasteiger partial charge in [0.25, 0.3) is 5.91 Å². The summed E-state index contributed by atoms with van der Waals surface area (Å²) in [6.45, 7) is 5.47. The number of hydrogen-bond acceptors (Lipinski definition) is 4.